The van der Waals surface area contributed by atoms with E-state index in [0.29, 0.717) is 11.4 Å². The highest BCUT2D eigenvalue weighted by atomic mass is 16.1. The van der Waals surface area contributed by atoms with Crippen molar-refractivity contribution in [1.29, 1.82) is 0 Å². The lowest BCUT2D eigenvalue weighted by Crippen LogP contribution is -2.44. The highest BCUT2D eigenvalue weighted by Crippen LogP contribution is 2.27. The molecule has 0 atom stereocenters. The van der Waals surface area contributed by atoms with E-state index < -0.39 is 0 Å². The van der Waals surface area contributed by atoms with Crippen molar-refractivity contribution in [3.63, 3.8) is 0 Å². The van der Waals surface area contributed by atoms with Gasteiger partial charge in [-0.1, -0.05) is 12.1 Å². The average molecular weight is 430 g/mol. The maximum atomic E-state index is 12.6. The molecule has 0 aliphatic carbocycles. The molecule has 5 rings (SSSR count). The van der Waals surface area contributed by atoms with E-state index >= 15 is 0 Å². The molecule has 0 spiro atoms. The zero-order valence-corrected chi connectivity index (χ0v) is 18.6. The lowest BCUT2D eigenvalue weighted by Gasteiger charge is -2.34. The molecule has 3 aromatic heterocycles. The Bertz CT molecular complexity index is 1260. The van der Waals surface area contributed by atoms with Crippen LogP contribution in [0.4, 0.5) is 11.4 Å². The van der Waals surface area contributed by atoms with Gasteiger partial charge in [0, 0.05) is 54.2 Å². The molecule has 32 heavy (non-hydrogen) atoms. The molecule has 4 heterocycles. The predicted molar refractivity (Wildman–Crippen MR) is 127 cm³/mol. The third kappa shape index (κ3) is 3.85. The highest BCUT2D eigenvalue weighted by molar-refractivity contribution is 6.04. The number of piperazine rings is 1. The summed E-state index contributed by atoms with van der Waals surface area (Å²) in [6, 6.07) is 12.6. The summed E-state index contributed by atoms with van der Waals surface area (Å²) < 4.78 is 0. The molecule has 1 saturated heterocycles. The first-order valence-corrected chi connectivity index (χ1v) is 10.8. The van der Waals surface area contributed by atoms with Gasteiger partial charge in [-0.15, -0.1) is 0 Å². The molecule has 1 aliphatic rings. The third-order valence-electron chi connectivity index (χ3n) is 6.24. The number of benzene rings is 1. The van der Waals surface area contributed by atoms with Crippen molar-refractivity contribution in [2.45, 2.75) is 13.8 Å². The van der Waals surface area contributed by atoms with E-state index in [9.17, 15) is 4.79 Å². The molecule has 1 fully saturated rings. The number of hydrogen-bond donors (Lipinski definition) is 3. The van der Waals surface area contributed by atoms with E-state index in [0.717, 1.165) is 59.7 Å². The first kappa shape index (κ1) is 20.3. The van der Waals surface area contributed by atoms with E-state index in [1.807, 2.05) is 19.9 Å². The van der Waals surface area contributed by atoms with Gasteiger partial charge >= 0.3 is 0 Å². The van der Waals surface area contributed by atoms with Crippen LogP contribution in [-0.4, -0.2) is 64.2 Å². The standard InChI is InChI=1S/C24H27N7O/c1-15-16(2)28-29-22(15)24(32)26-19-12-18-13-21(27-23(18)25-14-19)17-4-6-20(7-5-17)31-10-8-30(3)9-11-31/h4-7,12-14H,8-11H2,1-3H3,(H,25,27)(H,26,32)(H,28,29). The Hall–Kier alpha value is -3.65. The number of anilines is 2. The van der Waals surface area contributed by atoms with Crippen molar-refractivity contribution in [2.75, 3.05) is 43.4 Å². The van der Waals surface area contributed by atoms with Gasteiger partial charge < -0.3 is 20.1 Å². The zero-order valence-electron chi connectivity index (χ0n) is 18.6. The Morgan fingerprint density at radius 3 is 2.50 bits per heavy atom. The molecular weight excluding hydrogens is 402 g/mol. The van der Waals surface area contributed by atoms with Gasteiger partial charge in [-0.2, -0.15) is 5.10 Å². The number of carbonyl (C=O) groups is 1. The molecule has 8 heteroatoms. The summed E-state index contributed by atoms with van der Waals surface area (Å²) in [5.41, 5.74) is 6.92. The molecule has 0 unspecified atom stereocenters. The summed E-state index contributed by atoms with van der Waals surface area (Å²) in [6.07, 6.45) is 1.66. The molecule has 8 nitrogen and oxygen atoms in total. The second-order valence-electron chi connectivity index (χ2n) is 8.46. The summed E-state index contributed by atoms with van der Waals surface area (Å²) in [4.78, 5) is 25.2. The molecule has 0 bridgehead atoms. The second kappa shape index (κ2) is 8.12. The van der Waals surface area contributed by atoms with Gasteiger partial charge in [0.25, 0.3) is 5.91 Å². The Labute approximate surface area is 186 Å². The summed E-state index contributed by atoms with van der Waals surface area (Å²) in [5.74, 6) is -0.247. The van der Waals surface area contributed by atoms with Crippen LogP contribution in [0.2, 0.25) is 0 Å². The number of amides is 1. The lowest BCUT2D eigenvalue weighted by molar-refractivity contribution is 0.102. The number of hydrogen-bond acceptors (Lipinski definition) is 5. The molecule has 1 aromatic carbocycles. The lowest BCUT2D eigenvalue weighted by atomic mass is 10.1. The van der Waals surface area contributed by atoms with Crippen LogP contribution in [0.5, 0.6) is 0 Å². The van der Waals surface area contributed by atoms with Crippen LogP contribution < -0.4 is 10.2 Å². The van der Waals surface area contributed by atoms with E-state index in [-0.39, 0.29) is 5.91 Å². The number of nitrogens with one attached hydrogen (secondary N) is 3. The fraction of sp³-hybridized carbons (Fsp3) is 0.292. The minimum atomic E-state index is -0.247. The monoisotopic (exact) mass is 429 g/mol. The van der Waals surface area contributed by atoms with Crippen LogP contribution in [0, 0.1) is 13.8 Å². The molecular formula is C24H27N7O. The number of aromatic nitrogens is 4. The van der Waals surface area contributed by atoms with Gasteiger partial charge in [0.05, 0.1) is 11.9 Å². The molecule has 1 aliphatic heterocycles. The number of pyridine rings is 1. The number of H-pyrrole nitrogens is 2. The minimum Gasteiger partial charge on any atom is -0.369 e. The van der Waals surface area contributed by atoms with Gasteiger partial charge in [0.1, 0.15) is 5.65 Å². The van der Waals surface area contributed by atoms with Gasteiger partial charge in [-0.3, -0.25) is 9.89 Å². The quantitative estimate of drug-likeness (QED) is 0.461. The fourth-order valence-electron chi connectivity index (χ4n) is 4.05. The molecule has 0 saturated carbocycles. The summed E-state index contributed by atoms with van der Waals surface area (Å²) in [6.45, 7) is 8.06. The number of fused-ring (bicyclic) bond motifs is 1. The average Bonchev–Trinajstić information content (AvgIpc) is 3.37. The molecule has 1 amide bonds. The van der Waals surface area contributed by atoms with E-state index in [2.05, 4.69) is 72.7 Å². The Morgan fingerprint density at radius 1 is 1.06 bits per heavy atom. The first-order valence-electron chi connectivity index (χ1n) is 10.8. The second-order valence-corrected chi connectivity index (χ2v) is 8.46. The topological polar surface area (TPSA) is 92.9 Å². The number of aryl methyl sites for hydroxylation is 1. The summed E-state index contributed by atoms with van der Waals surface area (Å²) in [5, 5.41) is 10.8. The van der Waals surface area contributed by atoms with Gasteiger partial charge in [0.15, 0.2) is 5.69 Å². The maximum Gasteiger partial charge on any atom is 0.276 e. The van der Waals surface area contributed by atoms with Crippen molar-refractivity contribution in [3.05, 3.63) is 59.5 Å². The normalized spacial score (nSPS) is 14.8. The fourth-order valence-corrected chi connectivity index (χ4v) is 4.05. The minimum absolute atomic E-state index is 0.247. The van der Waals surface area contributed by atoms with E-state index in [1.54, 1.807) is 6.20 Å². The Kier molecular flexibility index (Phi) is 5.14. The van der Waals surface area contributed by atoms with Crippen LogP contribution in [0.1, 0.15) is 21.7 Å². The molecule has 164 valence electrons. The number of aromatic amines is 2. The van der Waals surface area contributed by atoms with Crippen molar-refractivity contribution in [2.24, 2.45) is 0 Å². The zero-order chi connectivity index (χ0) is 22.2. The SMILES string of the molecule is Cc1[nH]nc(C(=O)Nc2cnc3[nH]c(-c4ccc(N5CCN(C)CC5)cc4)cc3c2)c1C. The van der Waals surface area contributed by atoms with Crippen LogP contribution in [0.3, 0.4) is 0 Å². The predicted octanol–water partition coefficient (Wildman–Crippen LogP) is 3.57. The van der Waals surface area contributed by atoms with Crippen LogP contribution >= 0.6 is 0 Å². The number of rotatable bonds is 4. The number of likely N-dealkylation sites (N-methyl/N-ethyl adjacent to an activating group) is 1. The third-order valence-corrected chi connectivity index (χ3v) is 6.24. The summed E-state index contributed by atoms with van der Waals surface area (Å²) in [7, 11) is 2.17. The van der Waals surface area contributed by atoms with E-state index in [1.165, 1.54) is 5.69 Å². The smallest absolute Gasteiger partial charge is 0.276 e. The Balaban J connectivity index is 1.33. The summed E-state index contributed by atoms with van der Waals surface area (Å²) >= 11 is 0. The number of nitrogens with zero attached hydrogens (tertiary/aromatic N) is 4. The van der Waals surface area contributed by atoms with Crippen LogP contribution in [0.25, 0.3) is 22.3 Å². The molecule has 0 radical (unpaired) electrons. The Morgan fingerprint density at radius 2 is 1.81 bits per heavy atom. The van der Waals surface area contributed by atoms with Crippen LogP contribution in [-0.2, 0) is 0 Å². The first-order chi connectivity index (χ1) is 15.5. The van der Waals surface area contributed by atoms with Crippen molar-refractivity contribution >= 4 is 28.3 Å². The largest absolute Gasteiger partial charge is 0.369 e. The van der Waals surface area contributed by atoms with E-state index in [4.69, 9.17) is 0 Å². The highest BCUT2D eigenvalue weighted by Gasteiger charge is 2.16. The maximum absolute atomic E-state index is 12.6. The van der Waals surface area contributed by atoms with Gasteiger partial charge in [-0.25, -0.2) is 4.98 Å². The van der Waals surface area contributed by atoms with Crippen molar-refractivity contribution < 1.29 is 4.79 Å². The number of carbonyl (C=O) groups excluding carboxylic acids is 1. The van der Waals surface area contributed by atoms with Gasteiger partial charge in [0.2, 0.25) is 0 Å². The van der Waals surface area contributed by atoms with Crippen molar-refractivity contribution in [3.8, 4) is 11.3 Å². The molecule has 4 aromatic rings. The van der Waals surface area contributed by atoms with Crippen molar-refractivity contribution in [1.82, 2.24) is 25.1 Å². The van der Waals surface area contributed by atoms with Crippen LogP contribution in [0.15, 0.2) is 42.6 Å². The molecule has 3 N–H and O–H groups in total. The van der Waals surface area contributed by atoms with Gasteiger partial charge in [-0.05, 0) is 50.7 Å².